The molecule has 1 aromatic heterocycles. The predicted molar refractivity (Wildman–Crippen MR) is 78.3 cm³/mol. The van der Waals surface area contributed by atoms with Crippen LogP contribution in [0.25, 0.3) is 0 Å². The van der Waals surface area contributed by atoms with Crippen LogP contribution in [0, 0.1) is 5.82 Å². The van der Waals surface area contributed by atoms with E-state index in [0.717, 1.165) is 22.5 Å². The summed E-state index contributed by atoms with van der Waals surface area (Å²) in [6, 6.07) is 6.23. The lowest BCUT2D eigenvalue weighted by Crippen LogP contribution is -2.03. The molecular weight excluding hydrogens is 311 g/mol. The number of aromatic nitrogens is 2. The number of hydrogen-bond acceptors (Lipinski definition) is 4. The van der Waals surface area contributed by atoms with E-state index in [1.807, 2.05) is 6.92 Å². The van der Waals surface area contributed by atoms with E-state index < -0.39 is 0 Å². The fourth-order valence-electron chi connectivity index (χ4n) is 1.58. The van der Waals surface area contributed by atoms with Crippen LogP contribution in [0.2, 0.25) is 0 Å². The molecule has 0 saturated heterocycles. The summed E-state index contributed by atoms with van der Waals surface area (Å²) in [7, 11) is 1.80. The Bertz CT molecular complexity index is 567. The molecule has 0 bridgehead atoms. The van der Waals surface area contributed by atoms with Gasteiger partial charge in [0.25, 0.3) is 0 Å². The van der Waals surface area contributed by atoms with Crippen molar-refractivity contribution in [2.75, 3.05) is 17.7 Å². The van der Waals surface area contributed by atoms with Crippen LogP contribution in [0.3, 0.4) is 0 Å². The van der Waals surface area contributed by atoms with E-state index in [0.29, 0.717) is 11.5 Å². The second-order valence-electron chi connectivity index (χ2n) is 3.91. The van der Waals surface area contributed by atoms with Gasteiger partial charge in [-0.25, -0.2) is 14.4 Å². The maximum Gasteiger partial charge on any atom is 0.136 e. The average molecular weight is 325 g/mol. The molecule has 100 valence electrons. The molecule has 1 heterocycles. The van der Waals surface area contributed by atoms with Crippen molar-refractivity contribution in [2.24, 2.45) is 0 Å². The summed E-state index contributed by atoms with van der Waals surface area (Å²) >= 11 is 3.37. The van der Waals surface area contributed by atoms with Gasteiger partial charge in [-0.1, -0.05) is 6.92 Å². The number of hydrogen-bond donors (Lipinski definition) is 2. The fourth-order valence-corrected chi connectivity index (χ4v) is 1.92. The summed E-state index contributed by atoms with van der Waals surface area (Å²) in [5, 5.41) is 6.06. The zero-order valence-corrected chi connectivity index (χ0v) is 12.3. The highest BCUT2D eigenvalue weighted by Crippen LogP contribution is 2.26. The summed E-state index contributed by atoms with van der Waals surface area (Å²) in [4.78, 5) is 8.66. The van der Waals surface area contributed by atoms with Crippen LogP contribution in [0.5, 0.6) is 0 Å². The molecule has 0 aliphatic heterocycles. The van der Waals surface area contributed by atoms with Crippen LogP contribution < -0.4 is 10.6 Å². The van der Waals surface area contributed by atoms with Gasteiger partial charge in [0, 0.05) is 24.0 Å². The normalized spacial score (nSPS) is 10.3. The van der Waals surface area contributed by atoms with Crippen molar-refractivity contribution in [1.29, 1.82) is 0 Å². The maximum atomic E-state index is 13.2. The van der Waals surface area contributed by atoms with Gasteiger partial charge in [-0.2, -0.15) is 0 Å². The van der Waals surface area contributed by atoms with Gasteiger partial charge in [-0.3, -0.25) is 0 Å². The number of rotatable bonds is 4. The standard InChI is InChI=1S/C13H14BrFN4/c1-3-11-18-12(16-2)7-13(19-11)17-10-6-8(15)4-5-9(10)14/h4-7H,3H2,1-2H3,(H2,16,17,18,19). The van der Waals surface area contributed by atoms with Crippen LogP contribution in [-0.2, 0) is 6.42 Å². The Balaban J connectivity index is 2.34. The minimum Gasteiger partial charge on any atom is -0.373 e. The number of aryl methyl sites for hydroxylation is 1. The molecule has 6 heteroatoms. The van der Waals surface area contributed by atoms with Gasteiger partial charge in [0.05, 0.1) is 5.69 Å². The zero-order chi connectivity index (χ0) is 13.8. The Morgan fingerprint density at radius 3 is 2.63 bits per heavy atom. The Morgan fingerprint density at radius 2 is 1.95 bits per heavy atom. The predicted octanol–water partition coefficient (Wildman–Crippen LogP) is 3.73. The molecule has 19 heavy (non-hydrogen) atoms. The molecule has 2 rings (SSSR count). The molecule has 2 N–H and O–H groups in total. The third kappa shape index (κ3) is 3.41. The van der Waals surface area contributed by atoms with Crippen molar-refractivity contribution in [3.8, 4) is 0 Å². The summed E-state index contributed by atoms with van der Waals surface area (Å²) in [6.07, 6.45) is 0.731. The maximum absolute atomic E-state index is 13.2. The van der Waals surface area contributed by atoms with Crippen LogP contribution in [0.4, 0.5) is 21.7 Å². The fraction of sp³-hybridized carbons (Fsp3) is 0.231. The second kappa shape index (κ2) is 5.97. The first kappa shape index (κ1) is 13.7. The first-order chi connectivity index (χ1) is 9.12. The van der Waals surface area contributed by atoms with Gasteiger partial charge in [0.15, 0.2) is 0 Å². The average Bonchev–Trinajstić information content (AvgIpc) is 2.42. The third-order valence-corrected chi connectivity index (χ3v) is 3.23. The van der Waals surface area contributed by atoms with Gasteiger partial charge in [-0.05, 0) is 34.1 Å². The molecule has 0 radical (unpaired) electrons. The Kier molecular flexibility index (Phi) is 4.31. The second-order valence-corrected chi connectivity index (χ2v) is 4.76. The van der Waals surface area contributed by atoms with Gasteiger partial charge in [0.1, 0.15) is 23.3 Å². The lowest BCUT2D eigenvalue weighted by Gasteiger charge is -2.10. The first-order valence-electron chi connectivity index (χ1n) is 5.90. The molecule has 0 aliphatic rings. The lowest BCUT2D eigenvalue weighted by molar-refractivity contribution is 0.628. The van der Waals surface area contributed by atoms with Gasteiger partial charge in [0.2, 0.25) is 0 Å². The molecule has 0 aliphatic carbocycles. The number of anilines is 3. The molecule has 0 atom stereocenters. The minimum absolute atomic E-state index is 0.302. The molecule has 0 unspecified atom stereocenters. The first-order valence-corrected chi connectivity index (χ1v) is 6.69. The number of nitrogens with one attached hydrogen (secondary N) is 2. The quantitative estimate of drug-likeness (QED) is 0.899. The van der Waals surface area contributed by atoms with E-state index >= 15 is 0 Å². The SMILES string of the molecule is CCc1nc(NC)cc(Nc2cc(F)ccc2Br)n1. The Labute approximate surface area is 119 Å². The van der Waals surface area contributed by atoms with Gasteiger partial charge >= 0.3 is 0 Å². The van der Waals surface area contributed by atoms with Crippen molar-refractivity contribution in [3.63, 3.8) is 0 Å². The molecule has 0 saturated carbocycles. The van der Waals surface area contributed by atoms with Gasteiger partial charge in [-0.15, -0.1) is 0 Å². The van der Waals surface area contributed by atoms with Crippen LogP contribution in [-0.4, -0.2) is 17.0 Å². The largest absolute Gasteiger partial charge is 0.373 e. The summed E-state index contributed by atoms with van der Waals surface area (Å²) in [5.74, 6) is 1.77. The number of benzene rings is 1. The van der Waals surface area contributed by atoms with E-state index in [4.69, 9.17) is 0 Å². The topological polar surface area (TPSA) is 49.8 Å². The van der Waals surface area contributed by atoms with E-state index in [1.165, 1.54) is 12.1 Å². The molecule has 0 spiro atoms. The highest BCUT2D eigenvalue weighted by molar-refractivity contribution is 9.10. The van der Waals surface area contributed by atoms with Crippen molar-refractivity contribution < 1.29 is 4.39 Å². The Morgan fingerprint density at radius 1 is 1.21 bits per heavy atom. The van der Waals surface area contributed by atoms with Crippen LogP contribution >= 0.6 is 15.9 Å². The van der Waals surface area contributed by atoms with E-state index in [1.54, 1.807) is 19.2 Å². The van der Waals surface area contributed by atoms with Crippen molar-refractivity contribution in [2.45, 2.75) is 13.3 Å². The van der Waals surface area contributed by atoms with E-state index in [2.05, 4.69) is 36.5 Å². The highest BCUT2D eigenvalue weighted by Gasteiger charge is 2.06. The molecular formula is C13H14BrFN4. The molecule has 4 nitrogen and oxygen atoms in total. The van der Waals surface area contributed by atoms with Crippen molar-refractivity contribution >= 4 is 33.3 Å². The molecule has 0 fully saturated rings. The zero-order valence-electron chi connectivity index (χ0n) is 10.7. The summed E-state index contributed by atoms with van der Waals surface area (Å²) in [6.45, 7) is 1.98. The third-order valence-electron chi connectivity index (χ3n) is 2.54. The molecule has 1 aromatic carbocycles. The number of halogens is 2. The number of nitrogens with zero attached hydrogens (tertiary/aromatic N) is 2. The van der Waals surface area contributed by atoms with Crippen LogP contribution in [0.15, 0.2) is 28.7 Å². The van der Waals surface area contributed by atoms with Crippen molar-refractivity contribution in [3.05, 3.63) is 40.4 Å². The van der Waals surface area contributed by atoms with Gasteiger partial charge < -0.3 is 10.6 Å². The minimum atomic E-state index is -0.302. The summed E-state index contributed by atoms with van der Waals surface area (Å²) in [5.41, 5.74) is 0.628. The Hall–Kier alpha value is -1.69. The lowest BCUT2D eigenvalue weighted by atomic mass is 10.3. The highest BCUT2D eigenvalue weighted by atomic mass is 79.9. The molecule has 2 aromatic rings. The summed E-state index contributed by atoms with van der Waals surface area (Å²) < 4.78 is 14.0. The molecule has 0 amide bonds. The smallest absolute Gasteiger partial charge is 0.136 e. The van der Waals surface area contributed by atoms with E-state index in [-0.39, 0.29) is 5.82 Å². The monoisotopic (exact) mass is 324 g/mol. The van der Waals surface area contributed by atoms with E-state index in [9.17, 15) is 4.39 Å². The van der Waals surface area contributed by atoms with Crippen LogP contribution in [0.1, 0.15) is 12.7 Å². The van der Waals surface area contributed by atoms with Crippen molar-refractivity contribution in [1.82, 2.24) is 9.97 Å².